The fourth-order valence-corrected chi connectivity index (χ4v) is 8.22. The van der Waals surface area contributed by atoms with Gasteiger partial charge in [-0.2, -0.15) is 0 Å². The highest BCUT2D eigenvalue weighted by Gasteiger charge is 2.24. The summed E-state index contributed by atoms with van der Waals surface area (Å²) in [4.78, 5) is 0. The largest absolute Gasteiger partial charge is 0.507 e. The molecule has 0 aromatic heterocycles. The van der Waals surface area contributed by atoms with Crippen LogP contribution in [0.4, 0.5) is 8.78 Å². The summed E-state index contributed by atoms with van der Waals surface area (Å²) in [6.45, 7) is 24.3. The summed E-state index contributed by atoms with van der Waals surface area (Å²) in [5.74, 6) is 0.0769. The Morgan fingerprint density at radius 1 is 0.439 bits per heavy atom. The first kappa shape index (κ1) is 41.0. The Morgan fingerprint density at radius 3 is 1.09 bits per heavy atom. The van der Waals surface area contributed by atoms with E-state index in [1.165, 1.54) is 24.3 Å². The van der Waals surface area contributed by atoms with E-state index in [4.69, 9.17) is 9.47 Å². The first-order chi connectivity index (χ1) is 26.9. The van der Waals surface area contributed by atoms with E-state index in [-0.39, 0.29) is 11.5 Å². The molecule has 0 saturated heterocycles. The predicted octanol–water partition coefficient (Wildman–Crippen LogP) is 13.8. The lowest BCUT2D eigenvalue weighted by molar-refractivity contribution is 0.131. The topological polar surface area (TPSA) is 58.9 Å². The van der Waals surface area contributed by atoms with E-state index in [2.05, 4.69) is 67.5 Å². The maximum Gasteiger partial charge on any atom is 0.131 e. The molecular weight excluding hydrogens is 715 g/mol. The Kier molecular flexibility index (Phi) is 11.6. The van der Waals surface area contributed by atoms with Gasteiger partial charge in [0.05, 0.1) is 12.2 Å². The third kappa shape index (κ3) is 8.14. The maximum atomic E-state index is 15.0. The van der Waals surface area contributed by atoms with Crippen molar-refractivity contribution in [2.75, 3.05) is 0 Å². The Balaban J connectivity index is 1.30. The standard InChI is InChI=1S/C51H54F2O4/c1-26-17-42(50(54)44(19-26)48-34(9)28(3)21-29(4)35(48)10)40-24-38(52)13-15-46(40)56-32(7)23-33(8)57-47-16-14-39(53)25-41(47)43-18-27(2)20-45(51(43)55)49-36(11)30(5)22-31(6)37(49)12/h13-22,24-25,32-33,54-55H,23H2,1-12H3/t32-,33+. The molecule has 0 radical (unpaired) electrons. The lowest BCUT2D eigenvalue weighted by Gasteiger charge is -2.24. The van der Waals surface area contributed by atoms with E-state index in [0.717, 1.165) is 66.8 Å². The van der Waals surface area contributed by atoms with Crippen molar-refractivity contribution in [1.82, 2.24) is 0 Å². The van der Waals surface area contributed by atoms with Gasteiger partial charge in [0.15, 0.2) is 0 Å². The van der Waals surface area contributed by atoms with Crippen LogP contribution in [0.1, 0.15) is 75.9 Å². The molecule has 0 spiro atoms. The van der Waals surface area contributed by atoms with Crippen molar-refractivity contribution in [3.05, 3.63) is 140 Å². The van der Waals surface area contributed by atoms with Gasteiger partial charge in [0, 0.05) is 39.8 Å². The quantitative estimate of drug-likeness (QED) is 0.146. The molecule has 2 atom stereocenters. The van der Waals surface area contributed by atoms with Crippen LogP contribution in [-0.4, -0.2) is 22.4 Å². The molecule has 6 heteroatoms. The van der Waals surface area contributed by atoms with Crippen LogP contribution in [0.5, 0.6) is 23.0 Å². The average molecular weight is 769 g/mol. The first-order valence-electron chi connectivity index (χ1n) is 19.6. The summed E-state index contributed by atoms with van der Waals surface area (Å²) in [5.41, 5.74) is 15.9. The minimum atomic E-state index is -0.447. The molecule has 57 heavy (non-hydrogen) atoms. The molecule has 6 rings (SSSR count). The molecule has 296 valence electrons. The molecule has 6 aromatic rings. The molecule has 0 saturated carbocycles. The highest BCUT2D eigenvalue weighted by atomic mass is 19.1. The van der Waals surface area contributed by atoms with Crippen molar-refractivity contribution in [3.8, 4) is 67.5 Å². The predicted molar refractivity (Wildman–Crippen MR) is 230 cm³/mol. The Bertz CT molecular complexity index is 2310. The zero-order chi connectivity index (χ0) is 41.6. The highest BCUT2D eigenvalue weighted by Crippen LogP contribution is 2.47. The van der Waals surface area contributed by atoms with E-state index < -0.39 is 23.8 Å². The van der Waals surface area contributed by atoms with E-state index in [1.54, 1.807) is 12.1 Å². The monoisotopic (exact) mass is 768 g/mol. The van der Waals surface area contributed by atoms with Crippen molar-refractivity contribution >= 4 is 0 Å². The fourth-order valence-electron chi connectivity index (χ4n) is 8.22. The van der Waals surface area contributed by atoms with Crippen molar-refractivity contribution in [2.24, 2.45) is 0 Å². The Hall–Kier alpha value is -5.62. The molecule has 0 amide bonds. The molecular formula is C51H54F2O4. The first-order valence-corrected chi connectivity index (χ1v) is 19.6. The second-order valence-electron chi connectivity index (χ2n) is 16.1. The van der Waals surface area contributed by atoms with Gasteiger partial charge in [0.1, 0.15) is 34.6 Å². The molecule has 2 N–H and O–H groups in total. The van der Waals surface area contributed by atoms with Crippen LogP contribution in [0, 0.1) is 80.9 Å². The van der Waals surface area contributed by atoms with Crippen LogP contribution in [0.3, 0.4) is 0 Å². The summed E-state index contributed by atoms with van der Waals surface area (Å²) in [7, 11) is 0. The summed E-state index contributed by atoms with van der Waals surface area (Å²) >= 11 is 0. The van der Waals surface area contributed by atoms with E-state index in [0.29, 0.717) is 51.3 Å². The second-order valence-corrected chi connectivity index (χ2v) is 16.1. The van der Waals surface area contributed by atoms with Gasteiger partial charge in [-0.15, -0.1) is 0 Å². The van der Waals surface area contributed by atoms with Gasteiger partial charge in [-0.3, -0.25) is 0 Å². The number of ether oxygens (including phenoxy) is 2. The molecule has 6 aromatic carbocycles. The minimum absolute atomic E-state index is 0.0610. The number of hydrogen-bond acceptors (Lipinski definition) is 4. The average Bonchev–Trinajstić information content (AvgIpc) is 3.14. The molecule has 0 heterocycles. The zero-order valence-corrected chi connectivity index (χ0v) is 35.3. The molecule has 4 nitrogen and oxygen atoms in total. The second kappa shape index (κ2) is 16.1. The van der Waals surface area contributed by atoms with Crippen LogP contribution >= 0.6 is 0 Å². The lowest BCUT2D eigenvalue weighted by Crippen LogP contribution is -2.23. The molecule has 0 bridgehead atoms. The normalized spacial score (nSPS) is 12.5. The molecule has 0 unspecified atom stereocenters. The minimum Gasteiger partial charge on any atom is -0.507 e. The number of phenolic OH excluding ortho intramolecular Hbond substituents is 2. The van der Waals surface area contributed by atoms with Gasteiger partial charge >= 0.3 is 0 Å². The summed E-state index contributed by atoms with van der Waals surface area (Å²) in [5, 5.41) is 23.8. The highest BCUT2D eigenvalue weighted by molar-refractivity contribution is 5.89. The van der Waals surface area contributed by atoms with Crippen molar-refractivity contribution in [3.63, 3.8) is 0 Å². The number of aromatic hydroxyl groups is 2. The third-order valence-electron chi connectivity index (χ3n) is 11.6. The van der Waals surface area contributed by atoms with E-state index >= 15 is 0 Å². The van der Waals surface area contributed by atoms with E-state index in [1.807, 2.05) is 52.0 Å². The molecule has 0 aliphatic heterocycles. The summed E-state index contributed by atoms with van der Waals surface area (Å²) < 4.78 is 42.9. The van der Waals surface area contributed by atoms with Crippen LogP contribution in [0.25, 0.3) is 44.5 Å². The van der Waals surface area contributed by atoms with Gasteiger partial charge in [-0.05, 0) is 211 Å². The number of halogens is 2. The van der Waals surface area contributed by atoms with Crippen molar-refractivity contribution in [2.45, 2.75) is 102 Å². The van der Waals surface area contributed by atoms with E-state index in [9.17, 15) is 19.0 Å². The Morgan fingerprint density at radius 2 is 0.754 bits per heavy atom. The van der Waals surface area contributed by atoms with Gasteiger partial charge in [0.25, 0.3) is 0 Å². The number of benzene rings is 6. The van der Waals surface area contributed by atoms with Gasteiger partial charge in [0.2, 0.25) is 0 Å². The lowest BCUT2D eigenvalue weighted by atomic mass is 9.86. The van der Waals surface area contributed by atoms with Crippen LogP contribution in [-0.2, 0) is 0 Å². The van der Waals surface area contributed by atoms with Crippen molar-refractivity contribution < 1.29 is 28.5 Å². The van der Waals surface area contributed by atoms with Gasteiger partial charge in [-0.1, -0.05) is 12.1 Å². The summed E-state index contributed by atoms with van der Waals surface area (Å²) in [6, 6.07) is 20.7. The fraction of sp³-hybridized carbons (Fsp3) is 0.294. The van der Waals surface area contributed by atoms with Gasteiger partial charge < -0.3 is 19.7 Å². The number of aryl methyl sites for hydroxylation is 6. The van der Waals surface area contributed by atoms with Crippen LogP contribution in [0.2, 0.25) is 0 Å². The number of hydrogen-bond donors (Lipinski definition) is 2. The third-order valence-corrected chi connectivity index (χ3v) is 11.6. The number of rotatable bonds is 10. The molecule has 0 aliphatic carbocycles. The summed E-state index contributed by atoms with van der Waals surface area (Å²) in [6.07, 6.45) is -0.387. The smallest absolute Gasteiger partial charge is 0.131 e. The zero-order valence-electron chi connectivity index (χ0n) is 35.3. The Labute approximate surface area is 336 Å². The van der Waals surface area contributed by atoms with Crippen LogP contribution in [0.15, 0.2) is 72.8 Å². The maximum absolute atomic E-state index is 15.0. The molecule has 0 fully saturated rings. The SMILES string of the molecule is Cc1cc(-c2cc(F)ccc2O[C@H](C)C[C@H](C)Oc2ccc(F)cc2-c2cc(C)cc(-c3c(C)c(C)cc(C)c3C)c2O)c(O)c(-c2c(C)c(C)cc(C)c2C)c1. The molecule has 0 aliphatic rings. The number of phenols is 2. The van der Waals surface area contributed by atoms with Gasteiger partial charge in [-0.25, -0.2) is 8.78 Å². The van der Waals surface area contributed by atoms with Crippen LogP contribution < -0.4 is 9.47 Å². The van der Waals surface area contributed by atoms with Crippen molar-refractivity contribution in [1.29, 1.82) is 0 Å².